The summed E-state index contributed by atoms with van der Waals surface area (Å²) < 4.78 is 2.29. The second-order valence-electron chi connectivity index (χ2n) is 11.8. The first kappa shape index (κ1) is 24.4. The number of nitrogens with zero attached hydrogens (tertiary/aromatic N) is 3. The van der Waals surface area contributed by atoms with Crippen molar-refractivity contribution in [2.24, 2.45) is 0 Å². The number of hydrogen-bond donors (Lipinski definition) is 0. The summed E-state index contributed by atoms with van der Waals surface area (Å²) in [7, 11) is 0. The van der Waals surface area contributed by atoms with E-state index in [1.807, 2.05) is 18.3 Å². The van der Waals surface area contributed by atoms with Crippen LogP contribution in [0.25, 0.3) is 93.1 Å². The largest absolute Gasteiger partial charge is 0.292 e. The van der Waals surface area contributed by atoms with E-state index in [9.17, 15) is 0 Å². The summed E-state index contributed by atoms with van der Waals surface area (Å²) in [6, 6.07) is 52.5. The Balaban J connectivity index is 1.32. The Bertz CT molecular complexity index is 2770. The second kappa shape index (κ2) is 9.22. The van der Waals surface area contributed by atoms with E-state index in [4.69, 9.17) is 9.97 Å². The number of hydrogen-bond acceptors (Lipinski definition) is 2. The molecule has 45 heavy (non-hydrogen) atoms. The molecule has 3 nitrogen and oxygen atoms in total. The van der Waals surface area contributed by atoms with Crippen molar-refractivity contribution in [1.82, 2.24) is 14.4 Å². The third-order valence-corrected chi connectivity index (χ3v) is 9.36. The molecule has 0 saturated carbocycles. The molecule has 0 radical (unpaired) electrons. The molecule has 0 aliphatic heterocycles. The number of fused-ring (bicyclic) bond motifs is 11. The van der Waals surface area contributed by atoms with Crippen LogP contribution in [0.1, 0.15) is 0 Å². The van der Waals surface area contributed by atoms with Gasteiger partial charge >= 0.3 is 0 Å². The smallest absolute Gasteiger partial charge is 0.147 e. The van der Waals surface area contributed by atoms with Crippen LogP contribution in [0.2, 0.25) is 0 Å². The van der Waals surface area contributed by atoms with Gasteiger partial charge in [0.05, 0.1) is 22.1 Å². The molecule has 10 aromatic rings. The summed E-state index contributed by atoms with van der Waals surface area (Å²) in [4.78, 5) is 9.95. The minimum absolute atomic E-state index is 0.940. The molecule has 3 heterocycles. The fourth-order valence-electron chi connectivity index (χ4n) is 7.42. The van der Waals surface area contributed by atoms with E-state index in [0.29, 0.717) is 0 Å². The Labute approximate surface area is 258 Å². The molecule has 10 rings (SSSR count). The summed E-state index contributed by atoms with van der Waals surface area (Å²) in [6.45, 7) is 0. The van der Waals surface area contributed by atoms with E-state index >= 15 is 0 Å². The van der Waals surface area contributed by atoms with E-state index in [2.05, 4.69) is 138 Å². The fraction of sp³-hybridized carbons (Fsp3) is 0. The van der Waals surface area contributed by atoms with Crippen molar-refractivity contribution < 1.29 is 0 Å². The van der Waals surface area contributed by atoms with Crippen molar-refractivity contribution in [3.05, 3.63) is 152 Å². The maximum Gasteiger partial charge on any atom is 0.147 e. The van der Waals surface area contributed by atoms with Gasteiger partial charge in [-0.3, -0.25) is 9.38 Å². The van der Waals surface area contributed by atoms with Gasteiger partial charge in [-0.25, -0.2) is 4.98 Å². The maximum atomic E-state index is 5.04. The Hall–Kier alpha value is -6.06. The number of rotatable bonds is 2. The van der Waals surface area contributed by atoms with Crippen molar-refractivity contribution in [3.63, 3.8) is 0 Å². The number of imidazole rings is 1. The second-order valence-corrected chi connectivity index (χ2v) is 11.8. The molecule has 208 valence electrons. The summed E-state index contributed by atoms with van der Waals surface area (Å²) >= 11 is 0. The van der Waals surface area contributed by atoms with Crippen LogP contribution in [0.3, 0.4) is 0 Å². The molecule has 0 aliphatic rings. The highest BCUT2D eigenvalue weighted by molar-refractivity contribution is 6.22. The van der Waals surface area contributed by atoms with Crippen molar-refractivity contribution in [2.75, 3.05) is 0 Å². The number of benzene rings is 7. The van der Waals surface area contributed by atoms with Gasteiger partial charge in [-0.2, -0.15) is 0 Å². The molecule has 0 aliphatic carbocycles. The molecule has 3 heteroatoms. The molecule has 0 fully saturated rings. The van der Waals surface area contributed by atoms with Gasteiger partial charge in [0.1, 0.15) is 5.65 Å². The molecule has 0 spiro atoms. The predicted octanol–water partition coefficient (Wildman–Crippen LogP) is 11.0. The normalized spacial score (nSPS) is 12.0. The average molecular weight is 572 g/mol. The van der Waals surface area contributed by atoms with Crippen LogP contribution in [-0.2, 0) is 0 Å². The van der Waals surface area contributed by atoms with Gasteiger partial charge in [-0.05, 0) is 97.0 Å². The van der Waals surface area contributed by atoms with Crippen LogP contribution in [0, 0.1) is 0 Å². The Kier molecular flexibility index (Phi) is 5.00. The quantitative estimate of drug-likeness (QED) is 0.153. The Morgan fingerprint density at radius 3 is 1.78 bits per heavy atom. The van der Waals surface area contributed by atoms with Gasteiger partial charge in [-0.1, -0.05) is 103 Å². The van der Waals surface area contributed by atoms with E-state index < -0.39 is 0 Å². The van der Waals surface area contributed by atoms with Crippen molar-refractivity contribution in [1.29, 1.82) is 0 Å². The third-order valence-electron chi connectivity index (χ3n) is 9.36. The lowest BCUT2D eigenvalue weighted by atomic mass is 9.85. The predicted molar refractivity (Wildman–Crippen MR) is 189 cm³/mol. The average Bonchev–Trinajstić information content (AvgIpc) is 3.50. The third kappa shape index (κ3) is 3.46. The molecule has 0 amide bonds. The van der Waals surface area contributed by atoms with Crippen molar-refractivity contribution in [3.8, 4) is 22.3 Å². The summed E-state index contributed by atoms with van der Waals surface area (Å²) in [6.07, 6.45) is 1.89. The first-order chi connectivity index (χ1) is 22.3. The first-order valence-corrected chi connectivity index (χ1v) is 15.3. The van der Waals surface area contributed by atoms with Crippen LogP contribution in [0.15, 0.2) is 152 Å². The monoisotopic (exact) mass is 571 g/mol. The minimum atomic E-state index is 0.940. The molecule has 0 unspecified atom stereocenters. The highest BCUT2D eigenvalue weighted by Gasteiger charge is 2.19. The molecule has 0 bridgehead atoms. The molecular formula is C42H25N3. The summed E-state index contributed by atoms with van der Waals surface area (Å²) in [5, 5.41) is 9.66. The van der Waals surface area contributed by atoms with Crippen LogP contribution in [0.4, 0.5) is 0 Å². The fourth-order valence-corrected chi connectivity index (χ4v) is 7.42. The molecule has 0 atom stereocenters. The van der Waals surface area contributed by atoms with Gasteiger partial charge in [0, 0.05) is 17.0 Å². The number of aromatic nitrogens is 3. The zero-order valence-corrected chi connectivity index (χ0v) is 24.3. The lowest BCUT2D eigenvalue weighted by Gasteiger charge is -2.18. The van der Waals surface area contributed by atoms with Gasteiger partial charge in [0.2, 0.25) is 0 Å². The molecular weight excluding hydrogens is 546 g/mol. The topological polar surface area (TPSA) is 30.2 Å². The maximum absolute atomic E-state index is 5.04. The SMILES string of the molecule is c1ccc2cc(-c3c4ccccc4c(-c4ccc5c(c4)c4ncccc4c4nc6ccccc6n54)c4ccccc34)ccc2c1. The number of para-hydroxylation sites is 2. The van der Waals surface area contributed by atoms with Crippen LogP contribution in [-0.4, -0.2) is 14.4 Å². The zero-order valence-electron chi connectivity index (χ0n) is 24.3. The highest BCUT2D eigenvalue weighted by Crippen LogP contribution is 2.45. The van der Waals surface area contributed by atoms with E-state index in [1.54, 1.807) is 0 Å². The van der Waals surface area contributed by atoms with E-state index in [1.165, 1.54) is 54.6 Å². The van der Waals surface area contributed by atoms with Gasteiger partial charge in [0.25, 0.3) is 0 Å². The Morgan fingerprint density at radius 1 is 0.422 bits per heavy atom. The van der Waals surface area contributed by atoms with Crippen LogP contribution >= 0.6 is 0 Å². The van der Waals surface area contributed by atoms with E-state index in [-0.39, 0.29) is 0 Å². The number of pyridine rings is 2. The lowest BCUT2D eigenvalue weighted by Crippen LogP contribution is -1.94. The standard InChI is InChI=1S/C42H25N3/c1-2-11-27-24-28(20-19-26(27)10-1)39-30-12-3-5-14-32(30)40(33-15-6-4-13-31(33)39)29-21-22-37-35(25-29)41-34(16-9-23-43-41)42-44-36-17-7-8-18-38(36)45(37)42/h1-25H. The molecule has 0 saturated heterocycles. The van der Waals surface area contributed by atoms with Crippen LogP contribution < -0.4 is 0 Å². The van der Waals surface area contributed by atoms with Gasteiger partial charge < -0.3 is 0 Å². The minimum Gasteiger partial charge on any atom is -0.292 e. The molecule has 0 N–H and O–H groups in total. The molecule has 3 aromatic heterocycles. The van der Waals surface area contributed by atoms with Crippen LogP contribution in [0.5, 0.6) is 0 Å². The van der Waals surface area contributed by atoms with Gasteiger partial charge in [0.15, 0.2) is 0 Å². The zero-order chi connectivity index (χ0) is 29.5. The highest BCUT2D eigenvalue weighted by atomic mass is 15.0. The summed E-state index contributed by atoms with van der Waals surface area (Å²) in [5.41, 5.74) is 10.0. The van der Waals surface area contributed by atoms with Crippen molar-refractivity contribution in [2.45, 2.75) is 0 Å². The summed E-state index contributed by atoms with van der Waals surface area (Å²) in [5.74, 6) is 0. The lowest BCUT2D eigenvalue weighted by molar-refractivity contribution is 1.30. The van der Waals surface area contributed by atoms with Crippen molar-refractivity contribution >= 4 is 70.8 Å². The Morgan fingerprint density at radius 2 is 1.02 bits per heavy atom. The first-order valence-electron chi connectivity index (χ1n) is 15.3. The van der Waals surface area contributed by atoms with E-state index in [0.717, 1.165) is 38.5 Å². The molecule has 7 aromatic carbocycles. The van der Waals surface area contributed by atoms with Gasteiger partial charge in [-0.15, -0.1) is 0 Å².